The molecule has 0 radical (unpaired) electrons. The smallest absolute Gasteiger partial charge is 0.318 e. The van der Waals surface area contributed by atoms with Gasteiger partial charge in [-0.3, -0.25) is 15.0 Å². The van der Waals surface area contributed by atoms with Crippen LogP contribution in [0.25, 0.3) is 0 Å². The van der Waals surface area contributed by atoms with E-state index in [0.717, 1.165) is 11.1 Å². The molecule has 3 N–H and O–H groups in total. The van der Waals surface area contributed by atoms with Crippen molar-refractivity contribution in [2.24, 2.45) is 5.73 Å². The van der Waals surface area contributed by atoms with Crippen molar-refractivity contribution < 1.29 is 9.59 Å². The molecule has 5 nitrogen and oxygen atoms in total. The Morgan fingerprint density at radius 2 is 1.83 bits per heavy atom. The molecule has 2 aromatic rings. The fraction of sp³-hybridized carbons (Fsp3) is 0.176. The second kappa shape index (κ2) is 8.15. The van der Waals surface area contributed by atoms with Gasteiger partial charge in [0.2, 0.25) is 5.91 Å². The third kappa shape index (κ3) is 4.71. The lowest BCUT2D eigenvalue weighted by molar-refractivity contribution is -0.125. The van der Waals surface area contributed by atoms with E-state index in [0.29, 0.717) is 16.6 Å². The standard InChI is InChI=1S/C17H17Cl2N3O2/c1-22(10-12-7-8-13(18)9-14(12)19)15(16(23)21-17(20)24)11-5-3-2-4-6-11/h2-9,15H,10H2,1H3,(H3,20,21,23,24)/t15-/m1/s1. The first-order valence-corrected chi connectivity index (χ1v) is 7.93. The summed E-state index contributed by atoms with van der Waals surface area (Å²) >= 11 is 12.1. The minimum atomic E-state index is -0.890. The molecule has 0 unspecified atom stereocenters. The third-order valence-corrected chi connectivity index (χ3v) is 4.07. The summed E-state index contributed by atoms with van der Waals surface area (Å²) in [6.07, 6.45) is 0. The number of nitrogens with one attached hydrogen (secondary N) is 1. The minimum absolute atomic E-state index is 0.391. The fourth-order valence-corrected chi connectivity index (χ4v) is 2.91. The van der Waals surface area contributed by atoms with E-state index < -0.39 is 18.0 Å². The normalized spacial score (nSPS) is 12.0. The van der Waals surface area contributed by atoms with Crippen molar-refractivity contribution in [3.8, 4) is 0 Å². The summed E-state index contributed by atoms with van der Waals surface area (Å²) in [4.78, 5) is 25.3. The number of likely N-dealkylation sites (N-methyl/N-ethyl adjacent to an activating group) is 1. The van der Waals surface area contributed by atoms with Crippen molar-refractivity contribution in [1.82, 2.24) is 10.2 Å². The Morgan fingerprint density at radius 3 is 2.42 bits per heavy atom. The molecule has 3 amide bonds. The molecule has 0 aliphatic carbocycles. The molecule has 2 rings (SSSR count). The average molecular weight is 366 g/mol. The van der Waals surface area contributed by atoms with Crippen LogP contribution in [0.4, 0.5) is 4.79 Å². The van der Waals surface area contributed by atoms with Gasteiger partial charge in [0, 0.05) is 16.6 Å². The largest absolute Gasteiger partial charge is 0.351 e. The molecule has 0 saturated heterocycles. The van der Waals surface area contributed by atoms with E-state index in [1.54, 1.807) is 30.1 Å². The van der Waals surface area contributed by atoms with Gasteiger partial charge in [-0.15, -0.1) is 0 Å². The predicted octanol–water partition coefficient (Wildman–Crippen LogP) is 3.36. The van der Waals surface area contributed by atoms with Crippen LogP contribution in [0.15, 0.2) is 48.5 Å². The average Bonchev–Trinajstić information content (AvgIpc) is 2.50. The molecule has 1 atom stereocenters. The molecular formula is C17H17Cl2N3O2. The molecule has 0 saturated carbocycles. The van der Waals surface area contributed by atoms with Crippen LogP contribution in [0.5, 0.6) is 0 Å². The number of amides is 3. The van der Waals surface area contributed by atoms with Crippen molar-refractivity contribution in [2.45, 2.75) is 12.6 Å². The number of benzene rings is 2. The van der Waals surface area contributed by atoms with Gasteiger partial charge in [0.25, 0.3) is 0 Å². The predicted molar refractivity (Wildman–Crippen MR) is 94.8 cm³/mol. The van der Waals surface area contributed by atoms with Gasteiger partial charge in [-0.2, -0.15) is 0 Å². The van der Waals surface area contributed by atoms with Gasteiger partial charge in [-0.1, -0.05) is 59.6 Å². The minimum Gasteiger partial charge on any atom is -0.351 e. The van der Waals surface area contributed by atoms with E-state index >= 15 is 0 Å². The highest BCUT2D eigenvalue weighted by Gasteiger charge is 2.26. The highest BCUT2D eigenvalue weighted by Crippen LogP contribution is 2.26. The van der Waals surface area contributed by atoms with Crippen LogP contribution < -0.4 is 11.1 Å². The van der Waals surface area contributed by atoms with Crippen LogP contribution in [0.1, 0.15) is 17.2 Å². The summed E-state index contributed by atoms with van der Waals surface area (Å²) in [6.45, 7) is 0.391. The van der Waals surface area contributed by atoms with Crippen molar-refractivity contribution in [1.29, 1.82) is 0 Å². The molecular weight excluding hydrogens is 349 g/mol. The molecule has 7 heteroatoms. The Bertz CT molecular complexity index is 738. The number of nitrogens with two attached hydrogens (primary N) is 1. The maximum absolute atomic E-state index is 12.4. The van der Waals surface area contributed by atoms with E-state index in [9.17, 15) is 9.59 Å². The molecule has 0 fully saturated rings. The maximum Gasteiger partial charge on any atom is 0.318 e. The van der Waals surface area contributed by atoms with Crippen molar-refractivity contribution >= 4 is 35.1 Å². The van der Waals surface area contributed by atoms with Gasteiger partial charge in [0.1, 0.15) is 6.04 Å². The van der Waals surface area contributed by atoms with E-state index in [1.807, 2.05) is 30.3 Å². The first kappa shape index (κ1) is 18.3. The van der Waals surface area contributed by atoms with Crippen LogP contribution in [0, 0.1) is 0 Å². The van der Waals surface area contributed by atoms with E-state index in [4.69, 9.17) is 28.9 Å². The fourth-order valence-electron chi connectivity index (χ4n) is 2.44. The summed E-state index contributed by atoms with van der Waals surface area (Å²) in [6, 6.07) is 12.7. The monoisotopic (exact) mass is 365 g/mol. The number of carbonyl (C=O) groups is 2. The number of halogens is 2. The molecule has 0 bridgehead atoms. The van der Waals surface area contributed by atoms with Crippen molar-refractivity contribution in [2.75, 3.05) is 7.05 Å². The zero-order valence-corrected chi connectivity index (χ0v) is 14.5. The second-order valence-corrected chi connectivity index (χ2v) is 6.16. The zero-order valence-electron chi connectivity index (χ0n) is 13.0. The van der Waals surface area contributed by atoms with Gasteiger partial charge in [0.15, 0.2) is 0 Å². The number of primary amides is 1. The number of hydrogen-bond acceptors (Lipinski definition) is 3. The molecule has 0 spiro atoms. The lowest BCUT2D eigenvalue weighted by Crippen LogP contribution is -2.43. The zero-order chi connectivity index (χ0) is 17.7. The summed E-state index contributed by atoms with van der Waals surface area (Å²) in [5.74, 6) is -0.499. The lowest BCUT2D eigenvalue weighted by atomic mass is 10.0. The molecule has 0 heterocycles. The third-order valence-electron chi connectivity index (χ3n) is 3.49. The lowest BCUT2D eigenvalue weighted by Gasteiger charge is -2.27. The van der Waals surface area contributed by atoms with Crippen LogP contribution in [0.2, 0.25) is 10.0 Å². The van der Waals surface area contributed by atoms with Crippen LogP contribution in [0.3, 0.4) is 0 Å². The number of carbonyl (C=O) groups excluding carboxylic acids is 2. The van der Waals surface area contributed by atoms with E-state index in [-0.39, 0.29) is 0 Å². The summed E-state index contributed by atoms with van der Waals surface area (Å²) in [5, 5.41) is 3.19. The van der Waals surface area contributed by atoms with Gasteiger partial charge in [-0.05, 0) is 30.3 Å². The Kier molecular flexibility index (Phi) is 6.20. The molecule has 24 heavy (non-hydrogen) atoms. The maximum atomic E-state index is 12.4. The van der Waals surface area contributed by atoms with Crippen LogP contribution in [-0.4, -0.2) is 23.9 Å². The van der Waals surface area contributed by atoms with Gasteiger partial charge < -0.3 is 5.73 Å². The van der Waals surface area contributed by atoms with E-state index in [1.165, 1.54) is 0 Å². The highest BCUT2D eigenvalue weighted by atomic mass is 35.5. The van der Waals surface area contributed by atoms with E-state index in [2.05, 4.69) is 5.32 Å². The topological polar surface area (TPSA) is 75.4 Å². The quantitative estimate of drug-likeness (QED) is 0.852. The van der Waals surface area contributed by atoms with Crippen LogP contribution >= 0.6 is 23.2 Å². The summed E-state index contributed by atoms with van der Waals surface area (Å²) in [5.41, 5.74) is 6.63. The Hall–Kier alpha value is -2.08. The number of nitrogens with zero attached hydrogens (tertiary/aromatic N) is 1. The molecule has 0 aliphatic rings. The highest BCUT2D eigenvalue weighted by molar-refractivity contribution is 6.35. The number of hydrogen-bond donors (Lipinski definition) is 2. The van der Waals surface area contributed by atoms with Gasteiger partial charge in [0.05, 0.1) is 0 Å². The van der Waals surface area contributed by atoms with Crippen LogP contribution in [-0.2, 0) is 11.3 Å². The van der Waals surface area contributed by atoms with Gasteiger partial charge in [-0.25, -0.2) is 4.79 Å². The summed E-state index contributed by atoms with van der Waals surface area (Å²) < 4.78 is 0. The van der Waals surface area contributed by atoms with Crippen molar-refractivity contribution in [3.05, 3.63) is 69.7 Å². The molecule has 0 aromatic heterocycles. The Labute approximate surface area is 150 Å². The van der Waals surface area contributed by atoms with Gasteiger partial charge >= 0.3 is 6.03 Å². The molecule has 126 valence electrons. The second-order valence-electron chi connectivity index (χ2n) is 5.32. The number of imide groups is 1. The number of rotatable bonds is 5. The molecule has 2 aromatic carbocycles. The van der Waals surface area contributed by atoms with Crippen molar-refractivity contribution in [3.63, 3.8) is 0 Å². The Balaban J connectivity index is 2.28. The number of urea groups is 1. The molecule has 0 aliphatic heterocycles. The Morgan fingerprint density at radius 1 is 1.17 bits per heavy atom. The first-order chi connectivity index (χ1) is 11.4. The summed E-state index contributed by atoms with van der Waals surface area (Å²) in [7, 11) is 1.77. The first-order valence-electron chi connectivity index (χ1n) is 7.18. The SMILES string of the molecule is CN(Cc1ccc(Cl)cc1Cl)[C@@H](C(=O)NC(N)=O)c1ccccc1.